The Morgan fingerprint density at radius 1 is 1.05 bits per heavy atom. The van der Waals surface area contributed by atoms with Gasteiger partial charge in [-0.3, -0.25) is 14.5 Å². The Kier molecular flexibility index (Phi) is 10.7. The van der Waals surface area contributed by atoms with Crippen LogP contribution < -0.4 is 10.6 Å². The summed E-state index contributed by atoms with van der Waals surface area (Å²) in [5, 5.41) is 16.0. The van der Waals surface area contributed by atoms with Crippen molar-refractivity contribution >= 4 is 23.8 Å². The van der Waals surface area contributed by atoms with Gasteiger partial charge in [-0.25, -0.2) is 9.59 Å². The summed E-state index contributed by atoms with van der Waals surface area (Å²) < 4.78 is 0. The average Bonchev–Trinajstić information content (AvgIpc) is 3.25. The summed E-state index contributed by atoms with van der Waals surface area (Å²) in [7, 11) is 0. The third-order valence-corrected chi connectivity index (χ3v) is 7.37. The number of rotatable bonds is 12. The van der Waals surface area contributed by atoms with Gasteiger partial charge in [0.15, 0.2) is 0 Å². The number of carboxylic acid groups (broad SMARTS) is 1. The summed E-state index contributed by atoms with van der Waals surface area (Å²) in [6.07, 6.45) is 0.241. The van der Waals surface area contributed by atoms with E-state index in [1.165, 1.54) is 4.90 Å². The number of unbranched alkanes of at least 4 members (excludes halogenated alkanes) is 1. The number of ketones is 1. The number of hydrogen-bond acceptors (Lipinski definition) is 4. The third kappa shape index (κ3) is 8.07. The van der Waals surface area contributed by atoms with Crippen LogP contribution in [0.3, 0.4) is 0 Å². The topological polar surface area (TPSA) is 119 Å². The number of nitrogens with zero attached hydrogens (tertiary/aromatic N) is 2. The van der Waals surface area contributed by atoms with Crippen molar-refractivity contribution in [3.8, 4) is 0 Å². The van der Waals surface area contributed by atoms with Gasteiger partial charge in [0.2, 0.25) is 5.78 Å². The zero-order valence-electron chi connectivity index (χ0n) is 23.9. The average molecular weight is 551 g/mol. The van der Waals surface area contributed by atoms with E-state index in [9.17, 15) is 24.3 Å². The van der Waals surface area contributed by atoms with Crippen LogP contribution >= 0.6 is 0 Å². The van der Waals surface area contributed by atoms with Crippen LogP contribution in [0.15, 0.2) is 60.7 Å². The molecule has 0 saturated carbocycles. The van der Waals surface area contributed by atoms with Crippen molar-refractivity contribution in [3.05, 3.63) is 71.8 Å². The van der Waals surface area contributed by atoms with Gasteiger partial charge in [0.25, 0.3) is 5.91 Å². The monoisotopic (exact) mass is 550 g/mol. The van der Waals surface area contributed by atoms with Gasteiger partial charge < -0.3 is 20.6 Å². The number of carbonyl (C=O) groups excluding carboxylic acids is 3. The van der Waals surface area contributed by atoms with E-state index >= 15 is 0 Å². The molecule has 0 radical (unpaired) electrons. The number of amides is 4. The van der Waals surface area contributed by atoms with Crippen LogP contribution in [0, 0.1) is 5.41 Å². The first kappa shape index (κ1) is 30.7. The highest BCUT2D eigenvalue weighted by Crippen LogP contribution is 2.37. The maximum absolute atomic E-state index is 13.5. The minimum absolute atomic E-state index is 0.190. The molecule has 1 heterocycles. The SMILES string of the molecule is CCCC[C@@H](C(=O)C(=O)N[C@H](C)c1ccccc1)N(C(=O)O)C1CC(C)(C)CN1C(=O)NCCc1ccccc1. The molecule has 1 unspecified atom stereocenters. The van der Waals surface area contributed by atoms with Gasteiger partial charge >= 0.3 is 12.1 Å². The maximum atomic E-state index is 13.5. The molecule has 2 aromatic rings. The first-order valence-electron chi connectivity index (χ1n) is 14.0. The van der Waals surface area contributed by atoms with Crippen molar-refractivity contribution in [1.29, 1.82) is 0 Å². The lowest BCUT2D eigenvalue weighted by atomic mass is 9.91. The van der Waals surface area contributed by atoms with Crippen LogP contribution in [0.25, 0.3) is 0 Å². The number of nitrogens with one attached hydrogen (secondary N) is 2. The van der Waals surface area contributed by atoms with Crippen molar-refractivity contribution in [2.24, 2.45) is 5.41 Å². The van der Waals surface area contributed by atoms with E-state index in [2.05, 4.69) is 10.6 Å². The highest BCUT2D eigenvalue weighted by molar-refractivity contribution is 6.38. The number of Topliss-reactive ketones (excluding diaryl/α,β-unsaturated/α-hetero) is 1. The zero-order chi connectivity index (χ0) is 29.3. The Morgan fingerprint density at radius 3 is 2.27 bits per heavy atom. The van der Waals surface area contributed by atoms with E-state index in [1.807, 2.05) is 81.4 Å². The molecule has 216 valence electrons. The number of carbonyl (C=O) groups is 4. The van der Waals surface area contributed by atoms with Crippen molar-refractivity contribution in [2.45, 2.75) is 78.0 Å². The fourth-order valence-electron chi connectivity index (χ4n) is 5.26. The summed E-state index contributed by atoms with van der Waals surface area (Å²) >= 11 is 0. The molecule has 40 heavy (non-hydrogen) atoms. The molecule has 3 atom stereocenters. The molecule has 1 fully saturated rings. The Bertz CT molecular complexity index is 1150. The molecule has 0 aromatic heterocycles. The number of urea groups is 1. The second-order valence-corrected chi connectivity index (χ2v) is 11.3. The fourth-order valence-corrected chi connectivity index (χ4v) is 5.26. The van der Waals surface area contributed by atoms with Gasteiger partial charge in [0.1, 0.15) is 12.2 Å². The maximum Gasteiger partial charge on any atom is 0.409 e. The van der Waals surface area contributed by atoms with Crippen LogP contribution in [0.1, 0.15) is 70.5 Å². The van der Waals surface area contributed by atoms with Gasteiger partial charge in [0.05, 0.1) is 6.04 Å². The van der Waals surface area contributed by atoms with Crippen LogP contribution in [0.4, 0.5) is 9.59 Å². The van der Waals surface area contributed by atoms with Gasteiger partial charge in [0, 0.05) is 13.1 Å². The van der Waals surface area contributed by atoms with Crippen molar-refractivity contribution in [3.63, 3.8) is 0 Å². The van der Waals surface area contributed by atoms with Crippen molar-refractivity contribution in [1.82, 2.24) is 20.4 Å². The Hall–Kier alpha value is -3.88. The van der Waals surface area contributed by atoms with Gasteiger partial charge in [-0.05, 0) is 42.7 Å². The summed E-state index contributed by atoms with van der Waals surface area (Å²) in [6.45, 7) is 8.36. The predicted molar refractivity (Wildman–Crippen MR) is 154 cm³/mol. The molecule has 3 N–H and O–H groups in total. The fraction of sp³-hybridized carbons (Fsp3) is 0.484. The van der Waals surface area contributed by atoms with E-state index < -0.39 is 36.0 Å². The van der Waals surface area contributed by atoms with Crippen LogP contribution in [0.2, 0.25) is 0 Å². The van der Waals surface area contributed by atoms with Crippen LogP contribution in [-0.4, -0.2) is 64.0 Å². The highest BCUT2D eigenvalue weighted by atomic mass is 16.4. The Balaban J connectivity index is 1.80. The molecular weight excluding hydrogens is 508 g/mol. The minimum Gasteiger partial charge on any atom is -0.465 e. The minimum atomic E-state index is -1.33. The van der Waals surface area contributed by atoms with E-state index in [1.54, 1.807) is 6.92 Å². The lowest BCUT2D eigenvalue weighted by Gasteiger charge is -2.37. The van der Waals surface area contributed by atoms with Crippen molar-refractivity contribution in [2.75, 3.05) is 13.1 Å². The molecule has 0 bridgehead atoms. The van der Waals surface area contributed by atoms with E-state index in [4.69, 9.17) is 0 Å². The number of hydrogen-bond donors (Lipinski definition) is 3. The summed E-state index contributed by atoms with van der Waals surface area (Å²) in [6, 6.07) is 17.0. The summed E-state index contributed by atoms with van der Waals surface area (Å²) in [5.74, 6) is -1.65. The second kappa shape index (κ2) is 14.0. The second-order valence-electron chi connectivity index (χ2n) is 11.3. The molecule has 1 aliphatic heterocycles. The first-order valence-corrected chi connectivity index (χ1v) is 14.0. The molecule has 2 aromatic carbocycles. The highest BCUT2D eigenvalue weighted by Gasteiger charge is 2.48. The zero-order valence-corrected chi connectivity index (χ0v) is 23.9. The molecule has 0 aliphatic carbocycles. The van der Waals surface area contributed by atoms with Crippen LogP contribution in [-0.2, 0) is 16.0 Å². The van der Waals surface area contributed by atoms with Crippen LogP contribution in [0.5, 0.6) is 0 Å². The molecular formula is C31H42N4O5. The van der Waals surface area contributed by atoms with Gasteiger partial charge in [-0.1, -0.05) is 94.3 Å². The molecule has 9 heteroatoms. The molecule has 3 rings (SSSR count). The van der Waals surface area contributed by atoms with Gasteiger partial charge in [-0.2, -0.15) is 0 Å². The molecule has 1 saturated heterocycles. The molecule has 9 nitrogen and oxygen atoms in total. The standard InChI is InChI=1S/C31H42N4O5/c1-5-6-17-25(27(36)28(37)33-22(2)24-15-11-8-12-16-24)35(30(39)40)26-20-31(3,4)21-34(26)29(38)32-19-18-23-13-9-7-10-14-23/h7-16,22,25-26H,5-6,17-21H2,1-4H3,(H,32,38)(H,33,37)(H,39,40)/t22-,25+,26?/m1/s1. The number of benzene rings is 2. The lowest BCUT2D eigenvalue weighted by molar-refractivity contribution is -0.142. The van der Waals surface area contributed by atoms with E-state index in [0.717, 1.165) is 22.4 Å². The lowest BCUT2D eigenvalue weighted by Crippen LogP contribution is -2.59. The predicted octanol–water partition coefficient (Wildman–Crippen LogP) is 4.98. The Morgan fingerprint density at radius 2 is 1.68 bits per heavy atom. The summed E-state index contributed by atoms with van der Waals surface area (Å²) in [5.41, 5.74) is 1.53. The van der Waals surface area contributed by atoms with E-state index in [0.29, 0.717) is 32.4 Å². The normalized spacial score (nSPS) is 17.5. The first-order chi connectivity index (χ1) is 19.0. The largest absolute Gasteiger partial charge is 0.465 e. The molecule has 0 spiro atoms. The van der Waals surface area contributed by atoms with Gasteiger partial charge in [-0.15, -0.1) is 0 Å². The van der Waals surface area contributed by atoms with E-state index in [-0.39, 0.29) is 17.9 Å². The third-order valence-electron chi connectivity index (χ3n) is 7.37. The summed E-state index contributed by atoms with van der Waals surface area (Å²) in [4.78, 5) is 55.3. The Labute approximate surface area is 236 Å². The number of likely N-dealkylation sites (tertiary alicyclic amines) is 1. The molecule has 1 aliphatic rings. The smallest absolute Gasteiger partial charge is 0.409 e. The van der Waals surface area contributed by atoms with Crippen molar-refractivity contribution < 1.29 is 24.3 Å². The molecule has 4 amide bonds. The quantitative estimate of drug-likeness (QED) is 0.322.